The number of amides is 2. The Labute approximate surface area is 110 Å². The van der Waals surface area contributed by atoms with Crippen molar-refractivity contribution in [3.63, 3.8) is 0 Å². The first kappa shape index (κ1) is 13.3. The molecule has 1 heterocycles. The molecule has 0 radical (unpaired) electrons. The van der Waals surface area contributed by atoms with Crippen LogP contribution in [0.4, 0.5) is 9.18 Å². The lowest BCUT2D eigenvalue weighted by Crippen LogP contribution is -2.55. The van der Waals surface area contributed by atoms with E-state index >= 15 is 0 Å². The van der Waals surface area contributed by atoms with Crippen LogP contribution in [-0.2, 0) is 0 Å². The van der Waals surface area contributed by atoms with Crippen molar-refractivity contribution in [2.45, 2.75) is 13.0 Å². The van der Waals surface area contributed by atoms with Crippen LogP contribution in [0.5, 0.6) is 0 Å². The van der Waals surface area contributed by atoms with Crippen molar-refractivity contribution < 1.29 is 19.1 Å². The second kappa shape index (κ2) is 5.26. The maximum absolute atomic E-state index is 13.6. The Morgan fingerprint density at radius 3 is 2.58 bits per heavy atom. The summed E-state index contributed by atoms with van der Waals surface area (Å²) in [6, 6.07) is 5.54. The van der Waals surface area contributed by atoms with Crippen LogP contribution in [0.1, 0.15) is 17.3 Å². The highest BCUT2D eigenvalue weighted by atomic mass is 19.1. The van der Waals surface area contributed by atoms with Crippen LogP contribution in [0.15, 0.2) is 24.3 Å². The number of piperazine rings is 1. The Kier molecular flexibility index (Phi) is 3.69. The molecule has 0 aromatic heterocycles. The lowest BCUT2D eigenvalue weighted by atomic mass is 10.1. The molecule has 1 aromatic carbocycles. The van der Waals surface area contributed by atoms with Gasteiger partial charge in [0.05, 0.1) is 5.56 Å². The minimum atomic E-state index is -0.996. The van der Waals surface area contributed by atoms with Gasteiger partial charge >= 0.3 is 6.09 Å². The first-order chi connectivity index (χ1) is 9.00. The summed E-state index contributed by atoms with van der Waals surface area (Å²) in [4.78, 5) is 25.9. The lowest BCUT2D eigenvalue weighted by Gasteiger charge is -2.38. The van der Waals surface area contributed by atoms with Crippen LogP contribution in [0.3, 0.4) is 0 Å². The zero-order chi connectivity index (χ0) is 14.0. The smallest absolute Gasteiger partial charge is 0.407 e. The average molecular weight is 266 g/mol. The van der Waals surface area contributed by atoms with Crippen molar-refractivity contribution in [1.82, 2.24) is 9.80 Å². The molecule has 1 fully saturated rings. The second-order valence-electron chi connectivity index (χ2n) is 4.56. The number of halogens is 1. The van der Waals surface area contributed by atoms with Crippen molar-refractivity contribution in [2.75, 3.05) is 19.6 Å². The lowest BCUT2D eigenvalue weighted by molar-refractivity contribution is 0.0480. The van der Waals surface area contributed by atoms with Crippen molar-refractivity contribution in [1.29, 1.82) is 0 Å². The molecule has 6 heteroatoms. The normalized spacial score (nSPS) is 19.4. The van der Waals surface area contributed by atoms with Crippen LogP contribution in [0.25, 0.3) is 0 Å². The van der Waals surface area contributed by atoms with Crippen LogP contribution < -0.4 is 0 Å². The van der Waals surface area contributed by atoms with E-state index in [4.69, 9.17) is 5.11 Å². The van der Waals surface area contributed by atoms with E-state index < -0.39 is 17.8 Å². The Balaban J connectivity index is 2.13. The number of nitrogens with zero attached hydrogens (tertiary/aromatic N) is 2. The fourth-order valence-electron chi connectivity index (χ4n) is 2.22. The third-order valence-corrected chi connectivity index (χ3v) is 3.26. The van der Waals surface area contributed by atoms with Crippen LogP contribution in [0, 0.1) is 5.82 Å². The Morgan fingerprint density at radius 2 is 2.00 bits per heavy atom. The van der Waals surface area contributed by atoms with E-state index in [1.807, 2.05) is 0 Å². The monoisotopic (exact) mass is 266 g/mol. The second-order valence-corrected chi connectivity index (χ2v) is 4.56. The molecule has 0 saturated carbocycles. The van der Waals surface area contributed by atoms with Gasteiger partial charge in [-0.3, -0.25) is 4.79 Å². The SMILES string of the molecule is C[C@H]1CN(C(=O)O)CCN1C(=O)c1ccccc1F. The van der Waals surface area contributed by atoms with Gasteiger partial charge in [-0.05, 0) is 19.1 Å². The summed E-state index contributed by atoms with van der Waals surface area (Å²) in [6.07, 6.45) is -0.996. The van der Waals surface area contributed by atoms with Gasteiger partial charge in [-0.15, -0.1) is 0 Å². The molecule has 5 nitrogen and oxygen atoms in total. The van der Waals surface area contributed by atoms with Crippen molar-refractivity contribution in [3.05, 3.63) is 35.6 Å². The third kappa shape index (κ3) is 2.67. The molecule has 19 heavy (non-hydrogen) atoms. The van der Waals surface area contributed by atoms with Gasteiger partial charge in [0.15, 0.2) is 0 Å². The molecular formula is C13H15FN2O3. The molecule has 1 aliphatic rings. The van der Waals surface area contributed by atoms with Crippen LogP contribution in [0.2, 0.25) is 0 Å². The van der Waals surface area contributed by atoms with Gasteiger partial charge < -0.3 is 14.9 Å². The molecular weight excluding hydrogens is 251 g/mol. The van der Waals surface area contributed by atoms with Gasteiger partial charge in [-0.2, -0.15) is 0 Å². The molecule has 2 rings (SSSR count). The molecule has 1 aromatic rings. The third-order valence-electron chi connectivity index (χ3n) is 3.26. The van der Waals surface area contributed by atoms with E-state index in [1.54, 1.807) is 13.0 Å². The molecule has 0 spiro atoms. The zero-order valence-corrected chi connectivity index (χ0v) is 10.5. The van der Waals surface area contributed by atoms with Crippen molar-refractivity contribution in [3.8, 4) is 0 Å². The molecule has 1 aliphatic heterocycles. The minimum Gasteiger partial charge on any atom is -0.465 e. The number of hydrogen-bond acceptors (Lipinski definition) is 2. The quantitative estimate of drug-likeness (QED) is 0.840. The number of carbonyl (C=O) groups is 2. The molecule has 1 saturated heterocycles. The van der Waals surface area contributed by atoms with E-state index in [1.165, 1.54) is 28.0 Å². The van der Waals surface area contributed by atoms with Crippen molar-refractivity contribution in [2.24, 2.45) is 0 Å². The number of carboxylic acid groups (broad SMARTS) is 1. The summed E-state index contributed by atoms with van der Waals surface area (Å²) in [5, 5.41) is 8.90. The van der Waals surface area contributed by atoms with E-state index in [9.17, 15) is 14.0 Å². The Bertz CT molecular complexity index is 506. The summed E-state index contributed by atoms with van der Waals surface area (Å²) in [7, 11) is 0. The van der Waals surface area contributed by atoms with Crippen molar-refractivity contribution >= 4 is 12.0 Å². The fraction of sp³-hybridized carbons (Fsp3) is 0.385. The molecule has 1 N–H and O–H groups in total. The van der Waals surface area contributed by atoms with Gasteiger partial charge in [0.2, 0.25) is 0 Å². The number of benzene rings is 1. The van der Waals surface area contributed by atoms with E-state index in [0.29, 0.717) is 0 Å². The van der Waals surface area contributed by atoms with Gasteiger partial charge in [-0.25, -0.2) is 9.18 Å². The minimum absolute atomic E-state index is 0.0260. The van der Waals surface area contributed by atoms with Gasteiger partial charge in [0.25, 0.3) is 5.91 Å². The summed E-state index contributed by atoms with van der Waals surface area (Å²) in [6.45, 7) is 2.53. The first-order valence-corrected chi connectivity index (χ1v) is 6.04. The average Bonchev–Trinajstić information content (AvgIpc) is 2.38. The van der Waals surface area contributed by atoms with E-state index in [2.05, 4.69) is 0 Å². The molecule has 2 amide bonds. The van der Waals surface area contributed by atoms with Gasteiger partial charge in [-0.1, -0.05) is 12.1 Å². The van der Waals surface area contributed by atoms with Crippen LogP contribution >= 0.6 is 0 Å². The Morgan fingerprint density at radius 1 is 1.32 bits per heavy atom. The maximum Gasteiger partial charge on any atom is 0.407 e. The Hall–Kier alpha value is -2.11. The van der Waals surface area contributed by atoms with E-state index in [-0.39, 0.29) is 31.2 Å². The summed E-state index contributed by atoms with van der Waals surface area (Å²) in [5.41, 5.74) is 0.0260. The van der Waals surface area contributed by atoms with E-state index in [0.717, 1.165) is 0 Å². The van der Waals surface area contributed by atoms with Gasteiger partial charge in [0.1, 0.15) is 5.82 Å². The first-order valence-electron chi connectivity index (χ1n) is 6.04. The summed E-state index contributed by atoms with van der Waals surface area (Å²) < 4.78 is 13.6. The molecule has 0 unspecified atom stereocenters. The van der Waals surface area contributed by atoms with Gasteiger partial charge in [0, 0.05) is 25.7 Å². The molecule has 102 valence electrons. The summed E-state index contributed by atoms with van der Waals surface area (Å²) in [5.74, 6) is -0.948. The number of rotatable bonds is 1. The molecule has 1 atom stereocenters. The molecule has 0 aliphatic carbocycles. The van der Waals surface area contributed by atoms with Crippen LogP contribution in [-0.4, -0.2) is 52.6 Å². The predicted octanol–water partition coefficient (Wildman–Crippen LogP) is 1.65. The summed E-state index contributed by atoms with van der Waals surface area (Å²) >= 11 is 0. The highest BCUT2D eigenvalue weighted by molar-refractivity contribution is 5.94. The maximum atomic E-state index is 13.6. The predicted molar refractivity (Wildman–Crippen MR) is 66.5 cm³/mol. The largest absolute Gasteiger partial charge is 0.465 e. The number of hydrogen-bond donors (Lipinski definition) is 1. The standard InChI is InChI=1S/C13H15FN2O3/c1-9-8-15(13(18)19)6-7-16(9)12(17)10-4-2-3-5-11(10)14/h2-5,9H,6-8H2,1H3,(H,18,19)/t9-/m0/s1. The highest BCUT2D eigenvalue weighted by Crippen LogP contribution is 2.16. The topological polar surface area (TPSA) is 60.9 Å². The fourth-order valence-corrected chi connectivity index (χ4v) is 2.22. The highest BCUT2D eigenvalue weighted by Gasteiger charge is 2.30. The number of carbonyl (C=O) groups excluding carboxylic acids is 1. The molecule has 0 bridgehead atoms. The zero-order valence-electron chi connectivity index (χ0n) is 10.5.